The number of nitrogens with zero attached hydrogens (tertiary/aromatic N) is 1. The second-order valence-electron chi connectivity index (χ2n) is 9.74. The number of fused-ring (bicyclic) bond motifs is 1. The SMILES string of the molecule is Cc1ccc(C(NC(=O)Cc2ccc3oc(CC(O)c4cc[n+]([O-])cc4)cc3c2)c2ccccc2)c(C)c1. The third-order valence-electron chi connectivity index (χ3n) is 6.78. The highest BCUT2D eigenvalue weighted by Crippen LogP contribution is 2.27. The van der Waals surface area contributed by atoms with Gasteiger partial charge in [0.2, 0.25) is 5.91 Å². The molecule has 0 aliphatic heterocycles. The van der Waals surface area contributed by atoms with Crippen molar-refractivity contribution in [3.05, 3.63) is 142 Å². The molecule has 0 saturated heterocycles. The van der Waals surface area contributed by atoms with Crippen LogP contribution in [0, 0.1) is 19.1 Å². The first-order valence-corrected chi connectivity index (χ1v) is 12.7. The van der Waals surface area contributed by atoms with E-state index in [9.17, 15) is 15.1 Å². The van der Waals surface area contributed by atoms with Gasteiger partial charge in [-0.2, -0.15) is 4.73 Å². The Hall–Kier alpha value is -4.42. The van der Waals surface area contributed by atoms with Crippen molar-refractivity contribution in [2.24, 2.45) is 0 Å². The Kier molecular flexibility index (Phi) is 7.24. The van der Waals surface area contributed by atoms with E-state index in [1.54, 1.807) is 12.1 Å². The number of carbonyl (C=O) groups excluding carboxylic acids is 1. The lowest BCUT2D eigenvalue weighted by atomic mass is 9.93. The van der Waals surface area contributed by atoms with Gasteiger partial charge in [-0.3, -0.25) is 4.79 Å². The topological polar surface area (TPSA) is 89.4 Å². The molecule has 38 heavy (non-hydrogen) atoms. The molecule has 2 unspecified atom stereocenters. The summed E-state index contributed by atoms with van der Waals surface area (Å²) in [5, 5.41) is 25.9. The second-order valence-corrected chi connectivity index (χ2v) is 9.74. The molecule has 0 radical (unpaired) electrons. The van der Waals surface area contributed by atoms with E-state index in [4.69, 9.17) is 4.42 Å². The van der Waals surface area contributed by atoms with Crippen LogP contribution in [0.4, 0.5) is 0 Å². The second kappa shape index (κ2) is 10.9. The Labute approximate surface area is 221 Å². The Bertz CT molecular complexity index is 1560. The van der Waals surface area contributed by atoms with Crippen molar-refractivity contribution in [2.75, 3.05) is 0 Å². The highest BCUT2D eigenvalue weighted by atomic mass is 16.5. The molecule has 0 saturated carbocycles. The zero-order valence-corrected chi connectivity index (χ0v) is 21.4. The third-order valence-corrected chi connectivity index (χ3v) is 6.78. The van der Waals surface area contributed by atoms with Gasteiger partial charge in [-0.15, -0.1) is 0 Å². The van der Waals surface area contributed by atoms with Gasteiger partial charge in [0.05, 0.1) is 18.6 Å². The van der Waals surface area contributed by atoms with E-state index >= 15 is 0 Å². The smallest absolute Gasteiger partial charge is 0.225 e. The molecule has 6 nitrogen and oxygen atoms in total. The molecule has 3 aromatic carbocycles. The number of pyridine rings is 1. The molecule has 0 bridgehead atoms. The van der Waals surface area contributed by atoms with E-state index in [-0.39, 0.29) is 24.8 Å². The minimum atomic E-state index is -0.790. The lowest BCUT2D eigenvalue weighted by Crippen LogP contribution is -2.31. The van der Waals surface area contributed by atoms with Crippen molar-refractivity contribution in [2.45, 2.75) is 38.8 Å². The first kappa shape index (κ1) is 25.2. The quantitative estimate of drug-likeness (QED) is 0.218. The van der Waals surface area contributed by atoms with E-state index in [0.29, 0.717) is 21.6 Å². The van der Waals surface area contributed by atoms with Crippen LogP contribution in [0.2, 0.25) is 0 Å². The number of rotatable bonds is 8. The third kappa shape index (κ3) is 5.76. The summed E-state index contributed by atoms with van der Waals surface area (Å²) in [6.45, 7) is 4.14. The number of aromatic nitrogens is 1. The molecule has 0 aliphatic rings. The van der Waals surface area contributed by atoms with Gasteiger partial charge in [0.15, 0.2) is 12.4 Å². The molecule has 2 heterocycles. The van der Waals surface area contributed by atoms with E-state index in [0.717, 1.165) is 27.6 Å². The molecule has 2 aromatic heterocycles. The summed E-state index contributed by atoms with van der Waals surface area (Å²) in [7, 11) is 0. The summed E-state index contributed by atoms with van der Waals surface area (Å²) in [5.41, 5.74) is 6.64. The van der Waals surface area contributed by atoms with Crippen LogP contribution in [0.25, 0.3) is 11.0 Å². The minimum Gasteiger partial charge on any atom is -0.619 e. The highest BCUT2D eigenvalue weighted by Gasteiger charge is 2.19. The number of amides is 1. The first-order valence-electron chi connectivity index (χ1n) is 12.7. The van der Waals surface area contributed by atoms with Crippen LogP contribution >= 0.6 is 0 Å². The van der Waals surface area contributed by atoms with Crippen LogP contribution in [0.15, 0.2) is 102 Å². The maximum Gasteiger partial charge on any atom is 0.225 e. The van der Waals surface area contributed by atoms with Crippen molar-refractivity contribution in [1.82, 2.24) is 5.32 Å². The molecule has 6 heteroatoms. The van der Waals surface area contributed by atoms with Crippen LogP contribution in [-0.2, 0) is 17.6 Å². The predicted molar refractivity (Wildman–Crippen MR) is 146 cm³/mol. The van der Waals surface area contributed by atoms with Crippen LogP contribution < -0.4 is 10.0 Å². The summed E-state index contributed by atoms with van der Waals surface area (Å²) >= 11 is 0. The zero-order valence-electron chi connectivity index (χ0n) is 21.4. The summed E-state index contributed by atoms with van der Waals surface area (Å²) in [6, 6.07) is 26.8. The van der Waals surface area contributed by atoms with Crippen molar-refractivity contribution in [3.63, 3.8) is 0 Å². The molecule has 5 aromatic rings. The average Bonchev–Trinajstić information content (AvgIpc) is 3.30. The molecule has 1 amide bonds. The molecule has 192 valence electrons. The molecule has 2 atom stereocenters. The van der Waals surface area contributed by atoms with Crippen molar-refractivity contribution in [3.8, 4) is 0 Å². The zero-order chi connectivity index (χ0) is 26.6. The van der Waals surface area contributed by atoms with Gasteiger partial charge in [-0.05, 0) is 59.9 Å². The Balaban J connectivity index is 1.31. The minimum absolute atomic E-state index is 0.0722. The lowest BCUT2D eigenvalue weighted by Gasteiger charge is -2.22. The highest BCUT2D eigenvalue weighted by molar-refractivity contribution is 5.83. The summed E-state index contributed by atoms with van der Waals surface area (Å²) in [5.74, 6) is 0.559. The summed E-state index contributed by atoms with van der Waals surface area (Å²) in [6.07, 6.45) is 2.44. The van der Waals surface area contributed by atoms with Gasteiger partial charge in [0.25, 0.3) is 0 Å². The molecule has 5 rings (SSSR count). The molecule has 0 spiro atoms. The standard InChI is InChI=1S/C32H30N2O4/c1-21-8-10-28(22(2)16-21)32(25-6-4-3-5-7-25)33-31(36)18-23-9-11-30-26(17-23)19-27(38-30)20-29(35)24-12-14-34(37)15-13-24/h3-17,19,29,32,35H,18,20H2,1-2H3,(H,33,36). The number of hydrogen-bond donors (Lipinski definition) is 2. The number of aryl methyl sites for hydroxylation is 2. The lowest BCUT2D eigenvalue weighted by molar-refractivity contribution is -0.605. The van der Waals surface area contributed by atoms with Crippen LogP contribution in [-0.4, -0.2) is 11.0 Å². The van der Waals surface area contributed by atoms with Gasteiger partial charge in [0, 0.05) is 23.9 Å². The largest absolute Gasteiger partial charge is 0.619 e. The van der Waals surface area contributed by atoms with Crippen molar-refractivity contribution >= 4 is 16.9 Å². The van der Waals surface area contributed by atoms with Crippen molar-refractivity contribution < 1.29 is 19.0 Å². The first-order chi connectivity index (χ1) is 18.4. The number of furan rings is 1. The summed E-state index contributed by atoms with van der Waals surface area (Å²) in [4.78, 5) is 13.2. The number of nitrogens with one attached hydrogen (secondary N) is 1. The average molecular weight is 507 g/mol. The Morgan fingerprint density at radius 1 is 0.947 bits per heavy atom. The predicted octanol–water partition coefficient (Wildman–Crippen LogP) is 5.41. The molecular weight excluding hydrogens is 476 g/mol. The number of aliphatic hydroxyl groups is 1. The van der Waals surface area contributed by atoms with Gasteiger partial charge in [0.1, 0.15) is 11.3 Å². The normalized spacial score (nSPS) is 12.8. The van der Waals surface area contributed by atoms with Gasteiger partial charge in [-0.25, -0.2) is 0 Å². The number of carbonyl (C=O) groups is 1. The van der Waals surface area contributed by atoms with E-state index in [2.05, 4.69) is 37.4 Å². The molecule has 0 fully saturated rings. The van der Waals surface area contributed by atoms with Crippen LogP contribution in [0.3, 0.4) is 0 Å². The monoisotopic (exact) mass is 506 g/mol. The van der Waals surface area contributed by atoms with Crippen LogP contribution in [0.5, 0.6) is 0 Å². The Morgan fingerprint density at radius 2 is 1.71 bits per heavy atom. The molecular formula is C32H30N2O4. The Morgan fingerprint density at radius 3 is 2.45 bits per heavy atom. The van der Waals surface area contributed by atoms with Gasteiger partial charge >= 0.3 is 0 Å². The summed E-state index contributed by atoms with van der Waals surface area (Å²) < 4.78 is 6.60. The van der Waals surface area contributed by atoms with E-state index in [1.807, 2.05) is 54.6 Å². The fraction of sp³-hybridized carbons (Fsp3) is 0.188. The fourth-order valence-corrected chi connectivity index (χ4v) is 4.85. The van der Waals surface area contributed by atoms with Gasteiger partial charge < -0.3 is 20.0 Å². The maximum absolute atomic E-state index is 13.2. The van der Waals surface area contributed by atoms with Crippen LogP contribution in [0.1, 0.15) is 51.3 Å². The number of benzene rings is 3. The number of aliphatic hydroxyl groups excluding tert-OH is 1. The van der Waals surface area contributed by atoms with Gasteiger partial charge in [-0.1, -0.05) is 60.2 Å². The molecule has 2 N–H and O–H groups in total. The fourth-order valence-electron chi connectivity index (χ4n) is 4.85. The molecule has 0 aliphatic carbocycles. The van der Waals surface area contributed by atoms with Crippen molar-refractivity contribution in [1.29, 1.82) is 0 Å². The maximum atomic E-state index is 13.2. The van der Waals surface area contributed by atoms with E-state index < -0.39 is 6.10 Å². The van der Waals surface area contributed by atoms with E-state index in [1.165, 1.54) is 18.0 Å². The number of hydrogen-bond acceptors (Lipinski definition) is 4.